The second-order valence-electron chi connectivity index (χ2n) is 5.45. The number of hydrogen-bond acceptors (Lipinski definition) is 5. The van der Waals surface area contributed by atoms with Crippen LogP contribution in [-0.2, 0) is 9.84 Å². The summed E-state index contributed by atoms with van der Waals surface area (Å²) in [5.74, 6) is -1.39. The molecule has 0 unspecified atom stereocenters. The van der Waals surface area contributed by atoms with Crippen molar-refractivity contribution < 1.29 is 21.9 Å². The van der Waals surface area contributed by atoms with Crippen LogP contribution in [0.3, 0.4) is 0 Å². The highest BCUT2D eigenvalue weighted by Gasteiger charge is 2.33. The molecule has 0 radical (unpaired) electrons. The largest absolute Gasteiger partial charge is 0.497 e. The van der Waals surface area contributed by atoms with E-state index in [9.17, 15) is 17.2 Å². The van der Waals surface area contributed by atoms with Gasteiger partial charge in [-0.3, -0.25) is 0 Å². The number of rotatable bonds is 3. The zero-order valence-corrected chi connectivity index (χ0v) is 13.4. The standard InChI is InChI=1S/C14H15F2N3O3S/c1-8-17-14(13-11(15)5-10(22-2)6-12(13)16)19(18-8)9-3-4-23(20,21)7-9/h5-6,9H,3-4,7H2,1-2H3/t9-/m0/s1. The maximum absolute atomic E-state index is 14.3. The Labute approximate surface area is 132 Å². The highest BCUT2D eigenvalue weighted by Crippen LogP contribution is 2.32. The summed E-state index contributed by atoms with van der Waals surface area (Å²) >= 11 is 0. The third-order valence-electron chi connectivity index (χ3n) is 3.77. The lowest BCUT2D eigenvalue weighted by molar-refractivity contribution is 0.407. The van der Waals surface area contributed by atoms with Gasteiger partial charge in [0.1, 0.15) is 23.2 Å². The van der Waals surface area contributed by atoms with Gasteiger partial charge in [0, 0.05) is 12.1 Å². The molecule has 1 aromatic heterocycles. The van der Waals surface area contributed by atoms with Crippen molar-refractivity contribution in [2.24, 2.45) is 0 Å². The molecule has 124 valence electrons. The Hall–Kier alpha value is -2.03. The molecule has 1 aliphatic rings. The highest BCUT2D eigenvalue weighted by molar-refractivity contribution is 7.91. The molecule has 23 heavy (non-hydrogen) atoms. The predicted octanol–water partition coefficient (Wildman–Crippen LogP) is 1.90. The number of hydrogen-bond donors (Lipinski definition) is 0. The van der Waals surface area contributed by atoms with Crippen molar-refractivity contribution >= 4 is 9.84 Å². The van der Waals surface area contributed by atoms with Crippen LogP contribution in [0.5, 0.6) is 5.75 Å². The van der Waals surface area contributed by atoms with Crippen molar-refractivity contribution in [3.05, 3.63) is 29.6 Å². The molecule has 1 fully saturated rings. The molecule has 0 N–H and O–H groups in total. The minimum absolute atomic E-state index is 0.0118. The lowest BCUT2D eigenvalue weighted by atomic mass is 10.1. The van der Waals surface area contributed by atoms with E-state index >= 15 is 0 Å². The molecule has 6 nitrogen and oxygen atoms in total. The van der Waals surface area contributed by atoms with Crippen LogP contribution < -0.4 is 4.74 Å². The Balaban J connectivity index is 2.12. The third kappa shape index (κ3) is 2.92. The summed E-state index contributed by atoms with van der Waals surface area (Å²) < 4.78 is 58.0. The molecule has 0 amide bonds. The normalized spacial score (nSPS) is 19.9. The number of aromatic nitrogens is 3. The van der Waals surface area contributed by atoms with Crippen molar-refractivity contribution in [2.45, 2.75) is 19.4 Å². The molecule has 2 aromatic rings. The molecule has 0 aliphatic carbocycles. The number of ether oxygens (including phenoxy) is 1. The summed E-state index contributed by atoms with van der Waals surface area (Å²) in [5, 5.41) is 4.14. The Morgan fingerprint density at radius 2 is 1.96 bits per heavy atom. The summed E-state index contributed by atoms with van der Waals surface area (Å²) in [5.41, 5.74) is -0.337. The molecular weight excluding hydrogens is 328 g/mol. The first-order chi connectivity index (χ1) is 10.8. The molecule has 1 aromatic carbocycles. The predicted molar refractivity (Wildman–Crippen MR) is 79.0 cm³/mol. The van der Waals surface area contributed by atoms with Crippen LogP contribution in [-0.4, -0.2) is 41.8 Å². The molecular formula is C14H15F2N3O3S. The number of halogens is 2. The van der Waals surface area contributed by atoms with Crippen LogP contribution in [0.1, 0.15) is 18.3 Å². The Kier molecular flexibility index (Phi) is 3.83. The molecule has 2 heterocycles. The van der Waals surface area contributed by atoms with E-state index in [0.29, 0.717) is 12.2 Å². The van der Waals surface area contributed by atoms with Crippen LogP contribution in [0.25, 0.3) is 11.4 Å². The maximum Gasteiger partial charge on any atom is 0.164 e. The van der Waals surface area contributed by atoms with Crippen molar-refractivity contribution in [3.8, 4) is 17.1 Å². The molecule has 0 bridgehead atoms. The summed E-state index contributed by atoms with van der Waals surface area (Å²) in [6.45, 7) is 1.59. The Morgan fingerprint density at radius 1 is 1.30 bits per heavy atom. The van der Waals surface area contributed by atoms with Crippen LogP contribution in [0, 0.1) is 18.6 Å². The molecule has 1 atom stereocenters. The summed E-state index contributed by atoms with van der Waals surface area (Å²) in [4.78, 5) is 4.09. The van der Waals surface area contributed by atoms with Gasteiger partial charge in [0.15, 0.2) is 15.7 Å². The fourth-order valence-corrected chi connectivity index (χ4v) is 4.40. The Morgan fingerprint density at radius 3 is 2.48 bits per heavy atom. The van der Waals surface area contributed by atoms with Crippen LogP contribution >= 0.6 is 0 Å². The fourth-order valence-electron chi connectivity index (χ4n) is 2.70. The van der Waals surface area contributed by atoms with Crippen LogP contribution in [0.4, 0.5) is 8.78 Å². The third-order valence-corrected chi connectivity index (χ3v) is 5.52. The molecule has 3 rings (SSSR count). The highest BCUT2D eigenvalue weighted by atomic mass is 32.2. The van der Waals surface area contributed by atoms with Crippen LogP contribution in [0.2, 0.25) is 0 Å². The van der Waals surface area contributed by atoms with E-state index < -0.39 is 27.5 Å². The summed E-state index contributed by atoms with van der Waals surface area (Å²) in [6, 6.07) is 1.63. The van der Waals surface area contributed by atoms with Crippen molar-refractivity contribution in [1.82, 2.24) is 14.8 Å². The van der Waals surface area contributed by atoms with E-state index in [4.69, 9.17) is 4.74 Å². The number of aryl methyl sites for hydroxylation is 1. The monoisotopic (exact) mass is 343 g/mol. The topological polar surface area (TPSA) is 74.1 Å². The van der Waals surface area contributed by atoms with E-state index in [0.717, 1.165) is 12.1 Å². The van der Waals surface area contributed by atoms with Gasteiger partial charge in [-0.2, -0.15) is 5.10 Å². The summed E-state index contributed by atoms with van der Waals surface area (Å²) in [7, 11) is -1.85. The van der Waals surface area contributed by atoms with Gasteiger partial charge in [-0.1, -0.05) is 0 Å². The lowest BCUT2D eigenvalue weighted by Gasteiger charge is -2.13. The maximum atomic E-state index is 14.3. The summed E-state index contributed by atoms with van der Waals surface area (Å²) in [6.07, 6.45) is 0.345. The van der Waals surface area contributed by atoms with Gasteiger partial charge >= 0.3 is 0 Å². The van der Waals surface area contributed by atoms with Crippen molar-refractivity contribution in [1.29, 1.82) is 0 Å². The van der Waals surface area contributed by atoms with Gasteiger partial charge in [0.25, 0.3) is 0 Å². The zero-order chi connectivity index (χ0) is 16.8. The number of benzene rings is 1. The minimum Gasteiger partial charge on any atom is -0.497 e. The quantitative estimate of drug-likeness (QED) is 0.851. The van der Waals surface area contributed by atoms with Crippen LogP contribution in [0.15, 0.2) is 12.1 Å². The number of sulfone groups is 1. The second-order valence-corrected chi connectivity index (χ2v) is 7.68. The van der Waals surface area contributed by atoms with E-state index in [-0.39, 0.29) is 28.6 Å². The fraction of sp³-hybridized carbons (Fsp3) is 0.429. The van der Waals surface area contributed by atoms with Gasteiger partial charge in [-0.15, -0.1) is 0 Å². The smallest absolute Gasteiger partial charge is 0.164 e. The van der Waals surface area contributed by atoms with Gasteiger partial charge in [0.2, 0.25) is 0 Å². The van der Waals surface area contributed by atoms with Crippen molar-refractivity contribution in [2.75, 3.05) is 18.6 Å². The average molecular weight is 343 g/mol. The average Bonchev–Trinajstić information content (AvgIpc) is 3.00. The number of methoxy groups -OCH3 is 1. The van der Waals surface area contributed by atoms with E-state index in [1.165, 1.54) is 11.8 Å². The first-order valence-corrected chi connectivity index (χ1v) is 8.80. The van der Waals surface area contributed by atoms with Crippen molar-refractivity contribution in [3.63, 3.8) is 0 Å². The van der Waals surface area contributed by atoms with Gasteiger partial charge < -0.3 is 4.74 Å². The second kappa shape index (κ2) is 5.55. The zero-order valence-electron chi connectivity index (χ0n) is 12.6. The van der Waals surface area contributed by atoms with Gasteiger partial charge in [-0.25, -0.2) is 26.9 Å². The minimum atomic E-state index is -3.16. The number of nitrogens with zero attached hydrogens (tertiary/aromatic N) is 3. The first kappa shape index (κ1) is 15.9. The molecule has 9 heteroatoms. The van der Waals surface area contributed by atoms with E-state index in [1.54, 1.807) is 6.92 Å². The molecule has 1 saturated heterocycles. The molecule has 1 aliphatic heterocycles. The first-order valence-electron chi connectivity index (χ1n) is 6.97. The molecule has 0 saturated carbocycles. The Bertz CT molecular complexity index is 841. The molecule has 0 spiro atoms. The van der Waals surface area contributed by atoms with Gasteiger partial charge in [0.05, 0.1) is 30.2 Å². The SMILES string of the molecule is COc1cc(F)c(-c2nc(C)nn2[C@H]2CCS(=O)(=O)C2)c(F)c1. The van der Waals surface area contributed by atoms with Gasteiger partial charge in [-0.05, 0) is 13.3 Å². The van der Waals surface area contributed by atoms with E-state index in [2.05, 4.69) is 10.1 Å². The van der Waals surface area contributed by atoms with E-state index in [1.807, 2.05) is 0 Å². The lowest BCUT2D eigenvalue weighted by Crippen LogP contribution is -2.14.